The third kappa shape index (κ3) is 3.01. The summed E-state index contributed by atoms with van der Waals surface area (Å²) in [6.45, 7) is 6.74. The zero-order chi connectivity index (χ0) is 14.6. The zero-order valence-corrected chi connectivity index (χ0v) is 12.9. The van der Waals surface area contributed by atoms with E-state index in [9.17, 15) is 4.79 Å². The number of aliphatic carboxylic acids is 1. The van der Waals surface area contributed by atoms with Crippen LogP contribution in [-0.4, -0.2) is 47.8 Å². The highest BCUT2D eigenvalue weighted by Gasteiger charge is 2.58. The molecule has 0 saturated heterocycles. The molecule has 0 heterocycles. The number of carbonyl (C=O) groups is 1. The van der Waals surface area contributed by atoms with Gasteiger partial charge >= 0.3 is 5.97 Å². The Morgan fingerprint density at radius 3 is 2.55 bits per heavy atom. The molecule has 20 heavy (non-hydrogen) atoms. The Morgan fingerprint density at radius 2 is 2.00 bits per heavy atom. The molecule has 0 amide bonds. The first-order chi connectivity index (χ1) is 9.64. The average molecular weight is 283 g/mol. The Kier molecular flexibility index (Phi) is 5.44. The first-order valence-corrected chi connectivity index (χ1v) is 8.21. The molecule has 0 aromatic rings. The largest absolute Gasteiger partial charge is 0.481 e. The molecular weight excluding hydrogens is 254 g/mol. The van der Waals surface area contributed by atoms with E-state index in [1.54, 1.807) is 0 Å². The number of ether oxygens (including phenoxy) is 1. The molecule has 2 aliphatic carbocycles. The van der Waals surface area contributed by atoms with Gasteiger partial charge in [0.2, 0.25) is 0 Å². The van der Waals surface area contributed by atoms with Crippen LogP contribution in [0.4, 0.5) is 0 Å². The van der Waals surface area contributed by atoms with Gasteiger partial charge in [0.25, 0.3) is 0 Å². The van der Waals surface area contributed by atoms with Crippen molar-refractivity contribution in [1.29, 1.82) is 0 Å². The van der Waals surface area contributed by atoms with Crippen LogP contribution in [0.15, 0.2) is 0 Å². The van der Waals surface area contributed by atoms with Crippen LogP contribution in [0, 0.1) is 5.41 Å². The van der Waals surface area contributed by atoms with Gasteiger partial charge < -0.3 is 9.84 Å². The average Bonchev–Trinajstić information content (AvgIpc) is 2.92. The molecule has 0 aromatic heterocycles. The molecule has 2 unspecified atom stereocenters. The third-order valence-corrected chi connectivity index (χ3v) is 5.21. The molecule has 0 bridgehead atoms. The summed E-state index contributed by atoms with van der Waals surface area (Å²) in [5.74, 6) is -0.688. The minimum absolute atomic E-state index is 0.256. The number of nitrogens with zero attached hydrogens (tertiary/aromatic N) is 1. The van der Waals surface area contributed by atoms with Crippen LogP contribution in [0.2, 0.25) is 0 Å². The van der Waals surface area contributed by atoms with Crippen molar-refractivity contribution in [2.24, 2.45) is 5.41 Å². The Morgan fingerprint density at radius 1 is 1.30 bits per heavy atom. The minimum Gasteiger partial charge on any atom is -0.481 e. The zero-order valence-electron chi connectivity index (χ0n) is 12.9. The lowest BCUT2D eigenvalue weighted by atomic mass is 9.60. The summed E-state index contributed by atoms with van der Waals surface area (Å²) in [6.07, 6.45) is 7.97. The van der Waals surface area contributed by atoms with Crippen molar-refractivity contribution in [2.75, 3.05) is 19.7 Å². The monoisotopic (exact) mass is 283 g/mol. The standard InChI is InChI=1S/C16H29NO3/c1-3-10-17(11-7-15(18)19)13-12-14(20-4-2)16(13)8-5-6-9-16/h13-14H,3-12H2,1-2H3,(H,18,19). The topological polar surface area (TPSA) is 49.8 Å². The molecular formula is C16H29NO3. The fourth-order valence-electron chi connectivity index (χ4n) is 4.31. The van der Waals surface area contributed by atoms with Crippen LogP contribution in [0.5, 0.6) is 0 Å². The van der Waals surface area contributed by atoms with Crippen molar-refractivity contribution in [3.63, 3.8) is 0 Å². The van der Waals surface area contributed by atoms with E-state index in [2.05, 4.69) is 18.7 Å². The second kappa shape index (κ2) is 6.90. The van der Waals surface area contributed by atoms with Gasteiger partial charge in [0.05, 0.1) is 12.5 Å². The molecule has 2 saturated carbocycles. The Labute approximate surface area is 122 Å². The minimum atomic E-state index is -0.688. The van der Waals surface area contributed by atoms with Crippen molar-refractivity contribution in [3.8, 4) is 0 Å². The van der Waals surface area contributed by atoms with E-state index in [0.717, 1.165) is 26.0 Å². The van der Waals surface area contributed by atoms with Gasteiger partial charge in [-0.05, 0) is 39.2 Å². The molecule has 4 nitrogen and oxygen atoms in total. The van der Waals surface area contributed by atoms with Crippen molar-refractivity contribution in [1.82, 2.24) is 4.90 Å². The van der Waals surface area contributed by atoms with Crippen LogP contribution >= 0.6 is 0 Å². The predicted molar refractivity (Wildman–Crippen MR) is 78.8 cm³/mol. The molecule has 2 aliphatic rings. The summed E-state index contributed by atoms with van der Waals surface area (Å²) in [5.41, 5.74) is 0.323. The maximum Gasteiger partial charge on any atom is 0.304 e. The molecule has 2 fully saturated rings. The second-order valence-electron chi connectivity index (χ2n) is 6.32. The van der Waals surface area contributed by atoms with E-state index in [1.165, 1.54) is 25.7 Å². The van der Waals surface area contributed by atoms with Crippen molar-refractivity contribution in [2.45, 2.75) is 70.9 Å². The molecule has 116 valence electrons. The molecule has 0 aliphatic heterocycles. The van der Waals surface area contributed by atoms with E-state index in [1.807, 2.05) is 0 Å². The normalized spacial score (nSPS) is 27.9. The smallest absolute Gasteiger partial charge is 0.304 e. The van der Waals surface area contributed by atoms with Crippen molar-refractivity contribution >= 4 is 5.97 Å². The number of hydrogen-bond donors (Lipinski definition) is 1. The van der Waals surface area contributed by atoms with E-state index in [-0.39, 0.29) is 6.42 Å². The van der Waals surface area contributed by atoms with Crippen molar-refractivity contribution < 1.29 is 14.6 Å². The van der Waals surface area contributed by atoms with Crippen LogP contribution in [0.3, 0.4) is 0 Å². The second-order valence-corrected chi connectivity index (χ2v) is 6.32. The molecule has 4 heteroatoms. The maximum atomic E-state index is 10.9. The lowest BCUT2D eigenvalue weighted by Gasteiger charge is -2.58. The summed E-state index contributed by atoms with van der Waals surface area (Å²) in [7, 11) is 0. The molecule has 2 rings (SSSR count). The van der Waals surface area contributed by atoms with Gasteiger partial charge in [0.15, 0.2) is 0 Å². The molecule has 1 spiro atoms. The number of carboxylic acid groups (broad SMARTS) is 1. The summed E-state index contributed by atoms with van der Waals surface area (Å²) >= 11 is 0. The lowest BCUT2D eigenvalue weighted by Crippen LogP contribution is -2.64. The van der Waals surface area contributed by atoms with Crippen molar-refractivity contribution in [3.05, 3.63) is 0 Å². The number of carboxylic acids is 1. The van der Waals surface area contributed by atoms with Gasteiger partial charge in [0, 0.05) is 24.6 Å². The van der Waals surface area contributed by atoms with Gasteiger partial charge in [-0.25, -0.2) is 0 Å². The lowest BCUT2D eigenvalue weighted by molar-refractivity contribution is -0.166. The van der Waals surface area contributed by atoms with Crippen LogP contribution in [0.25, 0.3) is 0 Å². The van der Waals surface area contributed by atoms with Gasteiger partial charge in [-0.3, -0.25) is 9.69 Å². The number of hydrogen-bond acceptors (Lipinski definition) is 3. The fourth-order valence-corrected chi connectivity index (χ4v) is 4.31. The molecule has 0 radical (unpaired) electrons. The number of rotatable bonds is 8. The first kappa shape index (κ1) is 15.8. The van der Waals surface area contributed by atoms with E-state index in [4.69, 9.17) is 9.84 Å². The van der Waals surface area contributed by atoms with E-state index in [0.29, 0.717) is 24.1 Å². The van der Waals surface area contributed by atoms with Crippen LogP contribution in [-0.2, 0) is 9.53 Å². The summed E-state index contributed by atoms with van der Waals surface area (Å²) in [6, 6.07) is 0.542. The highest BCUT2D eigenvalue weighted by Crippen LogP contribution is 2.56. The molecule has 2 atom stereocenters. The highest BCUT2D eigenvalue weighted by molar-refractivity contribution is 5.66. The van der Waals surface area contributed by atoms with Crippen LogP contribution in [0.1, 0.15) is 58.8 Å². The quantitative estimate of drug-likeness (QED) is 0.744. The van der Waals surface area contributed by atoms with Crippen LogP contribution < -0.4 is 0 Å². The van der Waals surface area contributed by atoms with Gasteiger partial charge in [-0.1, -0.05) is 19.8 Å². The first-order valence-electron chi connectivity index (χ1n) is 8.21. The third-order valence-electron chi connectivity index (χ3n) is 5.21. The van der Waals surface area contributed by atoms with Gasteiger partial charge in [-0.15, -0.1) is 0 Å². The SMILES string of the molecule is CCCN(CCC(=O)O)C1CC(OCC)C12CCCC2. The Balaban J connectivity index is 2.02. The molecule has 1 N–H and O–H groups in total. The predicted octanol–water partition coefficient (Wildman–Crippen LogP) is 2.91. The summed E-state index contributed by atoms with van der Waals surface area (Å²) in [5, 5.41) is 8.94. The summed E-state index contributed by atoms with van der Waals surface area (Å²) in [4.78, 5) is 13.3. The summed E-state index contributed by atoms with van der Waals surface area (Å²) < 4.78 is 5.96. The Bertz CT molecular complexity index is 326. The van der Waals surface area contributed by atoms with Gasteiger partial charge in [0.1, 0.15) is 0 Å². The Hall–Kier alpha value is -0.610. The van der Waals surface area contributed by atoms with Gasteiger partial charge in [-0.2, -0.15) is 0 Å². The maximum absolute atomic E-state index is 10.9. The van der Waals surface area contributed by atoms with E-state index >= 15 is 0 Å². The highest BCUT2D eigenvalue weighted by atomic mass is 16.5. The van der Waals surface area contributed by atoms with E-state index < -0.39 is 5.97 Å². The fraction of sp³-hybridized carbons (Fsp3) is 0.938. The molecule has 0 aromatic carbocycles.